The Labute approximate surface area is 109 Å². The Balaban J connectivity index is 1.86. The van der Waals surface area contributed by atoms with Gasteiger partial charge in [0.2, 0.25) is 5.95 Å². The molecule has 0 saturated heterocycles. The molecular weight excluding hydrogens is 246 g/mol. The van der Waals surface area contributed by atoms with E-state index in [1.807, 2.05) is 11.3 Å². The smallest absolute Gasteiger partial charge is 0.223 e. The first-order valence-corrected chi connectivity index (χ1v) is 6.83. The number of rotatable bonds is 2. The predicted octanol–water partition coefficient (Wildman–Crippen LogP) is 2.19. The van der Waals surface area contributed by atoms with Gasteiger partial charge in [-0.3, -0.25) is 0 Å². The van der Waals surface area contributed by atoms with E-state index in [-0.39, 0.29) is 5.95 Å². The zero-order valence-electron chi connectivity index (χ0n) is 9.89. The first kappa shape index (κ1) is 11.3. The van der Waals surface area contributed by atoms with Crippen LogP contribution < -0.4 is 16.8 Å². The molecule has 0 aromatic carbocycles. The van der Waals surface area contributed by atoms with Crippen LogP contribution in [0.2, 0.25) is 0 Å². The van der Waals surface area contributed by atoms with Gasteiger partial charge < -0.3 is 16.8 Å². The van der Waals surface area contributed by atoms with Crippen LogP contribution in [0.3, 0.4) is 0 Å². The largest absolute Gasteiger partial charge is 0.383 e. The van der Waals surface area contributed by atoms with Crippen LogP contribution >= 0.6 is 11.3 Å². The molecule has 2 aromatic heterocycles. The van der Waals surface area contributed by atoms with Gasteiger partial charge >= 0.3 is 0 Å². The molecule has 1 aliphatic rings. The Kier molecular flexibility index (Phi) is 2.79. The van der Waals surface area contributed by atoms with Gasteiger partial charge in [0.05, 0.1) is 6.04 Å². The van der Waals surface area contributed by atoms with Gasteiger partial charge in [-0.05, 0) is 36.3 Å². The summed E-state index contributed by atoms with van der Waals surface area (Å²) in [5.74, 6) is 1.30. The lowest BCUT2D eigenvalue weighted by atomic mass is 9.94. The van der Waals surface area contributed by atoms with Gasteiger partial charge in [-0.15, -0.1) is 11.3 Å². The molecule has 18 heavy (non-hydrogen) atoms. The van der Waals surface area contributed by atoms with E-state index < -0.39 is 0 Å². The van der Waals surface area contributed by atoms with Crippen molar-refractivity contribution in [2.24, 2.45) is 0 Å². The van der Waals surface area contributed by atoms with Crippen molar-refractivity contribution >= 4 is 28.9 Å². The van der Waals surface area contributed by atoms with E-state index in [0.717, 1.165) is 6.42 Å². The third-order valence-electron chi connectivity index (χ3n) is 3.14. The fraction of sp³-hybridized carbons (Fsp3) is 0.333. The van der Waals surface area contributed by atoms with E-state index in [0.29, 0.717) is 17.7 Å². The number of nitrogens with two attached hydrogens (primary N) is 2. The monoisotopic (exact) mass is 261 g/mol. The van der Waals surface area contributed by atoms with E-state index in [9.17, 15) is 0 Å². The number of anilines is 3. The van der Waals surface area contributed by atoms with Gasteiger partial charge in [0.1, 0.15) is 11.6 Å². The fourth-order valence-electron chi connectivity index (χ4n) is 2.37. The fourth-order valence-corrected chi connectivity index (χ4v) is 3.36. The zero-order chi connectivity index (χ0) is 12.5. The average Bonchev–Trinajstić information content (AvgIpc) is 2.76. The Morgan fingerprint density at radius 2 is 2.22 bits per heavy atom. The Bertz CT molecular complexity index is 545. The third-order valence-corrected chi connectivity index (χ3v) is 4.13. The summed E-state index contributed by atoms with van der Waals surface area (Å²) in [5.41, 5.74) is 12.6. The van der Waals surface area contributed by atoms with Crippen molar-refractivity contribution in [2.75, 3.05) is 16.8 Å². The summed E-state index contributed by atoms with van der Waals surface area (Å²) < 4.78 is 0. The molecule has 2 aromatic rings. The Hall–Kier alpha value is -1.82. The summed E-state index contributed by atoms with van der Waals surface area (Å²) in [6.07, 6.45) is 3.48. The van der Waals surface area contributed by atoms with Crippen molar-refractivity contribution < 1.29 is 0 Å². The summed E-state index contributed by atoms with van der Waals surface area (Å²) in [6.45, 7) is 0. The maximum Gasteiger partial charge on any atom is 0.223 e. The quantitative estimate of drug-likeness (QED) is 0.771. The number of hydrogen-bond donors (Lipinski definition) is 3. The molecule has 5 N–H and O–H groups in total. The van der Waals surface area contributed by atoms with Crippen molar-refractivity contribution in [3.8, 4) is 0 Å². The molecular formula is C12H15N5S. The second kappa shape index (κ2) is 4.45. The molecule has 0 spiro atoms. The van der Waals surface area contributed by atoms with E-state index in [2.05, 4.69) is 26.7 Å². The van der Waals surface area contributed by atoms with Crippen molar-refractivity contribution in [1.29, 1.82) is 0 Å². The molecule has 0 amide bonds. The zero-order valence-corrected chi connectivity index (χ0v) is 10.7. The van der Waals surface area contributed by atoms with Crippen LogP contribution in [0.15, 0.2) is 17.5 Å². The first-order valence-electron chi connectivity index (χ1n) is 5.95. The average molecular weight is 261 g/mol. The normalized spacial score (nSPS) is 18.3. The SMILES string of the molecule is Nc1cc(NC2CCCc3sccc32)nc(N)n1. The molecule has 2 heterocycles. The number of aryl methyl sites for hydroxylation is 1. The number of nitrogen functional groups attached to an aromatic ring is 2. The van der Waals surface area contributed by atoms with Gasteiger partial charge in [-0.25, -0.2) is 0 Å². The molecule has 5 nitrogen and oxygen atoms in total. The summed E-state index contributed by atoms with van der Waals surface area (Å²) in [5, 5.41) is 5.55. The van der Waals surface area contributed by atoms with Gasteiger partial charge in [0, 0.05) is 10.9 Å². The maximum atomic E-state index is 5.67. The highest BCUT2D eigenvalue weighted by Crippen LogP contribution is 2.35. The van der Waals surface area contributed by atoms with Crippen LogP contribution in [0.5, 0.6) is 0 Å². The number of aromatic nitrogens is 2. The second-order valence-corrected chi connectivity index (χ2v) is 5.43. The highest BCUT2D eigenvalue weighted by molar-refractivity contribution is 7.10. The minimum absolute atomic E-state index is 0.207. The lowest BCUT2D eigenvalue weighted by Gasteiger charge is -2.24. The highest BCUT2D eigenvalue weighted by Gasteiger charge is 2.21. The van der Waals surface area contributed by atoms with Crippen LogP contribution in [-0.2, 0) is 6.42 Å². The highest BCUT2D eigenvalue weighted by atomic mass is 32.1. The number of nitrogens with zero attached hydrogens (tertiary/aromatic N) is 2. The van der Waals surface area contributed by atoms with E-state index in [4.69, 9.17) is 11.5 Å². The molecule has 6 heteroatoms. The Morgan fingerprint density at radius 3 is 3.06 bits per heavy atom. The minimum atomic E-state index is 0.207. The summed E-state index contributed by atoms with van der Waals surface area (Å²) in [4.78, 5) is 9.50. The lowest BCUT2D eigenvalue weighted by molar-refractivity contribution is 0.607. The summed E-state index contributed by atoms with van der Waals surface area (Å²) in [6, 6.07) is 4.20. The number of hydrogen-bond acceptors (Lipinski definition) is 6. The molecule has 1 aliphatic carbocycles. The lowest BCUT2D eigenvalue weighted by Crippen LogP contribution is -2.17. The molecule has 0 radical (unpaired) electrons. The van der Waals surface area contributed by atoms with E-state index in [1.165, 1.54) is 23.3 Å². The molecule has 1 atom stereocenters. The first-order chi connectivity index (χ1) is 8.72. The Morgan fingerprint density at radius 1 is 1.33 bits per heavy atom. The summed E-state index contributed by atoms with van der Waals surface area (Å²) >= 11 is 1.82. The number of thiophene rings is 1. The van der Waals surface area contributed by atoms with Gasteiger partial charge in [0.15, 0.2) is 0 Å². The molecule has 3 rings (SSSR count). The number of fused-ring (bicyclic) bond motifs is 1. The van der Waals surface area contributed by atoms with Crippen LogP contribution in [0.1, 0.15) is 29.3 Å². The molecule has 0 fully saturated rings. The maximum absolute atomic E-state index is 5.67. The second-order valence-electron chi connectivity index (χ2n) is 4.42. The van der Waals surface area contributed by atoms with Crippen LogP contribution in [0, 0.1) is 0 Å². The topological polar surface area (TPSA) is 89.8 Å². The minimum Gasteiger partial charge on any atom is -0.383 e. The van der Waals surface area contributed by atoms with Gasteiger partial charge in [-0.1, -0.05) is 0 Å². The van der Waals surface area contributed by atoms with Gasteiger partial charge in [0.25, 0.3) is 0 Å². The van der Waals surface area contributed by atoms with Crippen molar-refractivity contribution in [3.63, 3.8) is 0 Å². The molecule has 0 saturated carbocycles. The van der Waals surface area contributed by atoms with E-state index >= 15 is 0 Å². The number of nitrogens with one attached hydrogen (secondary N) is 1. The molecule has 0 bridgehead atoms. The molecule has 94 valence electrons. The molecule has 1 unspecified atom stereocenters. The standard InChI is InChI=1S/C12H15N5S/c13-10-6-11(17-12(14)16-10)15-8-2-1-3-9-7(8)4-5-18-9/h4-6,8H,1-3H2,(H5,13,14,15,16,17). The molecule has 0 aliphatic heterocycles. The van der Waals surface area contributed by atoms with Crippen molar-refractivity contribution in [1.82, 2.24) is 9.97 Å². The van der Waals surface area contributed by atoms with Crippen molar-refractivity contribution in [3.05, 3.63) is 28.0 Å². The van der Waals surface area contributed by atoms with Crippen LogP contribution in [-0.4, -0.2) is 9.97 Å². The third kappa shape index (κ3) is 2.11. The van der Waals surface area contributed by atoms with Crippen LogP contribution in [0.4, 0.5) is 17.6 Å². The van der Waals surface area contributed by atoms with Crippen molar-refractivity contribution in [2.45, 2.75) is 25.3 Å². The predicted molar refractivity (Wildman–Crippen MR) is 74.5 cm³/mol. The van der Waals surface area contributed by atoms with E-state index in [1.54, 1.807) is 6.07 Å². The summed E-state index contributed by atoms with van der Waals surface area (Å²) in [7, 11) is 0. The van der Waals surface area contributed by atoms with Gasteiger partial charge in [-0.2, -0.15) is 9.97 Å². The van der Waals surface area contributed by atoms with Crippen LogP contribution in [0.25, 0.3) is 0 Å².